The fraction of sp³-hybridized carbons (Fsp3) is 0.294. The van der Waals surface area contributed by atoms with Crippen LogP contribution in [0.4, 0.5) is 5.69 Å². The van der Waals surface area contributed by atoms with E-state index >= 15 is 0 Å². The zero-order valence-electron chi connectivity index (χ0n) is 11.0. The molecule has 1 unspecified atom stereocenters. The molecule has 1 atom stereocenters. The lowest BCUT2D eigenvalue weighted by molar-refractivity contribution is 0.719. The second-order valence-corrected chi connectivity index (χ2v) is 5.28. The molecule has 0 aliphatic carbocycles. The summed E-state index contributed by atoms with van der Waals surface area (Å²) in [6, 6.07) is 15.6. The van der Waals surface area contributed by atoms with Gasteiger partial charge in [-0.3, -0.25) is 0 Å². The molecule has 1 nitrogen and oxygen atoms in total. The molecule has 0 amide bonds. The minimum atomic E-state index is 0.543. The van der Waals surface area contributed by atoms with E-state index in [0.29, 0.717) is 5.92 Å². The smallest absolute Gasteiger partial charge is 0.0379 e. The van der Waals surface area contributed by atoms with E-state index in [1.54, 1.807) is 0 Å². The van der Waals surface area contributed by atoms with Crippen LogP contribution in [0.25, 0.3) is 0 Å². The summed E-state index contributed by atoms with van der Waals surface area (Å²) < 4.78 is 0. The van der Waals surface area contributed by atoms with Crippen molar-refractivity contribution in [1.82, 2.24) is 0 Å². The third-order valence-corrected chi connectivity index (χ3v) is 3.73. The van der Waals surface area contributed by atoms with Crippen molar-refractivity contribution in [1.29, 1.82) is 0 Å². The molecule has 0 fully saturated rings. The lowest BCUT2D eigenvalue weighted by Gasteiger charge is -2.27. The number of anilines is 1. The molecule has 0 aromatic heterocycles. The maximum absolute atomic E-state index is 3.49. The van der Waals surface area contributed by atoms with Crippen LogP contribution in [0.2, 0.25) is 0 Å². The minimum Gasteiger partial charge on any atom is -0.385 e. The first-order valence-electron chi connectivity index (χ1n) is 6.65. The first-order valence-corrected chi connectivity index (χ1v) is 6.65. The maximum Gasteiger partial charge on any atom is 0.0379 e. The lowest BCUT2D eigenvalue weighted by Crippen LogP contribution is -2.17. The lowest BCUT2D eigenvalue weighted by atomic mass is 9.84. The average Bonchev–Trinajstić information content (AvgIpc) is 2.37. The first kappa shape index (κ1) is 11.3. The van der Waals surface area contributed by atoms with Gasteiger partial charge >= 0.3 is 0 Å². The van der Waals surface area contributed by atoms with Gasteiger partial charge < -0.3 is 5.32 Å². The molecule has 92 valence electrons. The second-order valence-electron chi connectivity index (χ2n) is 5.28. The van der Waals surface area contributed by atoms with E-state index in [0.717, 1.165) is 6.54 Å². The molecular weight excluding hydrogens is 218 g/mol. The summed E-state index contributed by atoms with van der Waals surface area (Å²) in [6.45, 7) is 5.43. The van der Waals surface area contributed by atoms with Gasteiger partial charge in [0.1, 0.15) is 0 Å². The fourth-order valence-corrected chi connectivity index (χ4v) is 3.03. The topological polar surface area (TPSA) is 12.0 Å². The molecule has 2 aromatic carbocycles. The summed E-state index contributed by atoms with van der Waals surface area (Å²) in [5, 5.41) is 3.49. The van der Waals surface area contributed by atoms with E-state index in [4.69, 9.17) is 0 Å². The van der Waals surface area contributed by atoms with Crippen molar-refractivity contribution in [3.05, 3.63) is 64.7 Å². The predicted octanol–water partition coefficient (Wildman–Crippen LogP) is 4.25. The Kier molecular flexibility index (Phi) is 2.83. The summed E-state index contributed by atoms with van der Waals surface area (Å²) in [6.07, 6.45) is 1.18. The molecule has 1 aliphatic rings. The third-order valence-electron chi connectivity index (χ3n) is 3.73. The number of nitrogens with one attached hydrogen (secondary N) is 1. The number of aryl methyl sites for hydroxylation is 2. The van der Waals surface area contributed by atoms with Gasteiger partial charge in [-0.2, -0.15) is 0 Å². The summed E-state index contributed by atoms with van der Waals surface area (Å²) in [5.41, 5.74) is 6.92. The van der Waals surface area contributed by atoms with Crippen molar-refractivity contribution in [2.24, 2.45) is 0 Å². The zero-order valence-corrected chi connectivity index (χ0v) is 11.0. The highest BCUT2D eigenvalue weighted by Crippen LogP contribution is 2.36. The summed E-state index contributed by atoms with van der Waals surface area (Å²) >= 11 is 0. The predicted molar refractivity (Wildman–Crippen MR) is 77.3 cm³/mol. The van der Waals surface area contributed by atoms with Gasteiger partial charge in [0.15, 0.2) is 0 Å². The fourth-order valence-electron chi connectivity index (χ4n) is 3.03. The SMILES string of the molecule is Cc1cc(C)cc(C2CCNc3ccccc32)c1. The van der Waals surface area contributed by atoms with Crippen LogP contribution in [0.3, 0.4) is 0 Å². The van der Waals surface area contributed by atoms with Crippen molar-refractivity contribution < 1.29 is 0 Å². The summed E-state index contributed by atoms with van der Waals surface area (Å²) in [7, 11) is 0. The number of hydrogen-bond donors (Lipinski definition) is 1. The molecule has 3 rings (SSSR count). The van der Waals surface area contributed by atoms with Crippen LogP contribution >= 0.6 is 0 Å². The van der Waals surface area contributed by atoms with E-state index in [1.165, 1.54) is 34.4 Å². The second kappa shape index (κ2) is 4.49. The van der Waals surface area contributed by atoms with Gasteiger partial charge in [0.05, 0.1) is 0 Å². The van der Waals surface area contributed by atoms with Crippen molar-refractivity contribution in [3.63, 3.8) is 0 Å². The normalized spacial score (nSPS) is 18.0. The van der Waals surface area contributed by atoms with Gasteiger partial charge in [-0.25, -0.2) is 0 Å². The van der Waals surface area contributed by atoms with E-state index in [-0.39, 0.29) is 0 Å². The number of benzene rings is 2. The molecule has 0 saturated carbocycles. The quantitative estimate of drug-likeness (QED) is 0.781. The Morgan fingerprint density at radius 3 is 2.50 bits per heavy atom. The van der Waals surface area contributed by atoms with Gasteiger partial charge in [0, 0.05) is 18.2 Å². The van der Waals surface area contributed by atoms with Gasteiger partial charge in [-0.05, 0) is 37.5 Å². The van der Waals surface area contributed by atoms with Gasteiger partial charge in [0.2, 0.25) is 0 Å². The van der Waals surface area contributed by atoms with Gasteiger partial charge in [0.25, 0.3) is 0 Å². The molecule has 1 aliphatic heterocycles. The highest BCUT2D eigenvalue weighted by atomic mass is 14.9. The van der Waals surface area contributed by atoms with Crippen LogP contribution in [-0.4, -0.2) is 6.54 Å². The number of para-hydroxylation sites is 1. The first-order chi connectivity index (χ1) is 8.74. The Morgan fingerprint density at radius 1 is 1.00 bits per heavy atom. The molecule has 0 saturated heterocycles. The molecule has 0 radical (unpaired) electrons. The Hall–Kier alpha value is -1.76. The number of fused-ring (bicyclic) bond motifs is 1. The third kappa shape index (κ3) is 2.01. The van der Waals surface area contributed by atoms with Crippen molar-refractivity contribution >= 4 is 5.69 Å². The molecule has 18 heavy (non-hydrogen) atoms. The Bertz CT molecular complexity index is 551. The Balaban J connectivity index is 2.08. The standard InChI is InChI=1S/C17H19N/c1-12-9-13(2)11-14(10-12)15-7-8-18-17-6-4-3-5-16(15)17/h3-6,9-11,15,18H,7-8H2,1-2H3. The Labute approximate surface area is 109 Å². The molecule has 1 heterocycles. The highest BCUT2D eigenvalue weighted by molar-refractivity contribution is 5.57. The highest BCUT2D eigenvalue weighted by Gasteiger charge is 2.21. The molecular formula is C17H19N. The zero-order chi connectivity index (χ0) is 12.5. The van der Waals surface area contributed by atoms with E-state index in [9.17, 15) is 0 Å². The van der Waals surface area contributed by atoms with Crippen molar-refractivity contribution in [2.75, 3.05) is 11.9 Å². The van der Waals surface area contributed by atoms with Crippen LogP contribution in [-0.2, 0) is 0 Å². The molecule has 1 heteroatoms. The van der Waals surface area contributed by atoms with Crippen molar-refractivity contribution in [3.8, 4) is 0 Å². The molecule has 2 aromatic rings. The largest absolute Gasteiger partial charge is 0.385 e. The Morgan fingerprint density at radius 2 is 1.72 bits per heavy atom. The maximum atomic E-state index is 3.49. The van der Waals surface area contributed by atoms with Gasteiger partial charge in [-0.15, -0.1) is 0 Å². The van der Waals surface area contributed by atoms with Crippen LogP contribution in [0, 0.1) is 13.8 Å². The van der Waals surface area contributed by atoms with E-state index < -0.39 is 0 Å². The monoisotopic (exact) mass is 237 g/mol. The molecule has 0 spiro atoms. The summed E-state index contributed by atoms with van der Waals surface area (Å²) in [4.78, 5) is 0. The average molecular weight is 237 g/mol. The number of hydrogen-bond acceptors (Lipinski definition) is 1. The van der Waals surface area contributed by atoms with Gasteiger partial charge in [-0.1, -0.05) is 47.5 Å². The summed E-state index contributed by atoms with van der Waals surface area (Å²) in [5.74, 6) is 0.543. The molecule has 0 bridgehead atoms. The van der Waals surface area contributed by atoms with E-state index in [2.05, 4.69) is 61.6 Å². The van der Waals surface area contributed by atoms with E-state index in [1.807, 2.05) is 0 Å². The molecule has 1 N–H and O–H groups in total. The van der Waals surface area contributed by atoms with Crippen LogP contribution in [0.5, 0.6) is 0 Å². The number of rotatable bonds is 1. The minimum absolute atomic E-state index is 0.543. The van der Waals surface area contributed by atoms with Crippen LogP contribution in [0.1, 0.15) is 34.6 Å². The van der Waals surface area contributed by atoms with Crippen LogP contribution < -0.4 is 5.32 Å². The van der Waals surface area contributed by atoms with Crippen molar-refractivity contribution in [2.45, 2.75) is 26.2 Å². The van der Waals surface area contributed by atoms with Crippen LogP contribution in [0.15, 0.2) is 42.5 Å².